The van der Waals surface area contributed by atoms with Gasteiger partial charge in [0.05, 0.1) is 18.2 Å². The van der Waals surface area contributed by atoms with Crippen LogP contribution in [-0.2, 0) is 0 Å². The maximum absolute atomic E-state index is 13.9. The van der Waals surface area contributed by atoms with Gasteiger partial charge in [0.1, 0.15) is 11.4 Å². The first kappa shape index (κ1) is 20.9. The molecule has 5 rings (SSSR count). The number of fused-ring (bicyclic) bond motifs is 1. The second kappa shape index (κ2) is 8.90. The molecule has 166 valence electrons. The van der Waals surface area contributed by atoms with E-state index in [0.29, 0.717) is 24.3 Å². The third-order valence-corrected chi connectivity index (χ3v) is 6.18. The number of hydrogen-bond acceptors (Lipinski definition) is 5. The van der Waals surface area contributed by atoms with Crippen molar-refractivity contribution in [2.45, 2.75) is 6.92 Å². The summed E-state index contributed by atoms with van der Waals surface area (Å²) in [6.45, 7) is 4.87. The van der Waals surface area contributed by atoms with Crippen LogP contribution in [0.2, 0.25) is 0 Å². The third kappa shape index (κ3) is 4.12. The number of piperazine rings is 1. The average molecular weight is 439 g/mol. The van der Waals surface area contributed by atoms with Crippen LogP contribution in [0.5, 0.6) is 5.75 Å². The maximum Gasteiger partial charge on any atom is 0.256 e. The number of carbonyl (C=O) groups excluding carboxylic acids is 1. The smallest absolute Gasteiger partial charge is 0.256 e. The van der Waals surface area contributed by atoms with Crippen molar-refractivity contribution >= 4 is 22.5 Å². The summed E-state index contributed by atoms with van der Waals surface area (Å²) in [5.74, 6) is 0.849. The molecule has 0 spiro atoms. The molecule has 1 aliphatic heterocycles. The van der Waals surface area contributed by atoms with Crippen LogP contribution in [0.3, 0.4) is 0 Å². The van der Waals surface area contributed by atoms with E-state index in [2.05, 4.69) is 27.2 Å². The molecule has 0 bridgehead atoms. The van der Waals surface area contributed by atoms with Crippen LogP contribution in [-0.4, -0.2) is 54.3 Å². The number of amides is 1. The van der Waals surface area contributed by atoms with Crippen LogP contribution in [0, 0.1) is 6.92 Å². The molecule has 1 fully saturated rings. The number of carbonyl (C=O) groups is 1. The van der Waals surface area contributed by atoms with Gasteiger partial charge in [-0.3, -0.25) is 4.79 Å². The molecular formula is C27H26N4O2. The molecule has 0 saturated carbocycles. The third-order valence-electron chi connectivity index (χ3n) is 6.18. The molecule has 3 aromatic carbocycles. The molecule has 1 aromatic heterocycles. The Balaban J connectivity index is 1.46. The summed E-state index contributed by atoms with van der Waals surface area (Å²) in [6.07, 6.45) is 0. The predicted molar refractivity (Wildman–Crippen MR) is 131 cm³/mol. The van der Waals surface area contributed by atoms with E-state index in [1.165, 1.54) is 0 Å². The minimum atomic E-state index is 0.00809. The zero-order valence-corrected chi connectivity index (χ0v) is 18.9. The van der Waals surface area contributed by atoms with Gasteiger partial charge in [0.25, 0.3) is 5.91 Å². The lowest BCUT2D eigenvalue weighted by molar-refractivity contribution is 0.0749. The Hall–Kier alpha value is -3.93. The van der Waals surface area contributed by atoms with E-state index < -0.39 is 0 Å². The van der Waals surface area contributed by atoms with Crippen molar-refractivity contribution < 1.29 is 9.53 Å². The van der Waals surface area contributed by atoms with Gasteiger partial charge in [-0.2, -0.15) is 0 Å². The van der Waals surface area contributed by atoms with Crippen molar-refractivity contribution in [3.8, 4) is 17.0 Å². The molecule has 1 aliphatic rings. The zero-order valence-electron chi connectivity index (χ0n) is 18.9. The molecule has 0 unspecified atom stereocenters. The van der Waals surface area contributed by atoms with E-state index in [9.17, 15) is 4.79 Å². The first-order valence-corrected chi connectivity index (χ1v) is 11.1. The van der Waals surface area contributed by atoms with Gasteiger partial charge < -0.3 is 14.5 Å². The maximum atomic E-state index is 13.9. The minimum absolute atomic E-state index is 0.00809. The Morgan fingerprint density at radius 1 is 0.879 bits per heavy atom. The van der Waals surface area contributed by atoms with Crippen molar-refractivity contribution in [2.75, 3.05) is 38.2 Å². The second-order valence-corrected chi connectivity index (χ2v) is 8.29. The lowest BCUT2D eigenvalue weighted by Crippen LogP contribution is -2.49. The zero-order chi connectivity index (χ0) is 22.8. The number of aryl methyl sites for hydroxylation is 1. The minimum Gasteiger partial charge on any atom is -0.497 e. The highest BCUT2D eigenvalue weighted by Crippen LogP contribution is 2.29. The quantitative estimate of drug-likeness (QED) is 0.467. The fraction of sp³-hybridized carbons (Fsp3) is 0.222. The molecule has 1 saturated heterocycles. The van der Waals surface area contributed by atoms with E-state index in [1.807, 2.05) is 72.5 Å². The van der Waals surface area contributed by atoms with E-state index >= 15 is 0 Å². The molecule has 0 aliphatic carbocycles. The number of anilines is 1. The summed E-state index contributed by atoms with van der Waals surface area (Å²) in [4.78, 5) is 18.1. The molecule has 1 amide bonds. The molecule has 6 heteroatoms. The van der Waals surface area contributed by atoms with Gasteiger partial charge in [-0.1, -0.05) is 42.0 Å². The topological polar surface area (TPSA) is 58.6 Å². The van der Waals surface area contributed by atoms with Crippen molar-refractivity contribution in [1.82, 2.24) is 15.1 Å². The standard InChI is InChI=1S/C27H26N4O2/c1-19-8-13-24-23(18-19)25(26(29-28-24)20-6-4-3-5-7-20)27(32)31-16-14-30(15-17-31)21-9-11-22(33-2)12-10-21/h3-13,18H,14-17H2,1-2H3. The normalized spacial score (nSPS) is 13.9. The van der Waals surface area contributed by atoms with Crippen molar-refractivity contribution in [3.05, 3.63) is 83.9 Å². The summed E-state index contributed by atoms with van der Waals surface area (Å²) >= 11 is 0. The lowest BCUT2D eigenvalue weighted by Gasteiger charge is -2.36. The summed E-state index contributed by atoms with van der Waals surface area (Å²) in [5, 5.41) is 9.75. The lowest BCUT2D eigenvalue weighted by atomic mass is 9.99. The van der Waals surface area contributed by atoms with Gasteiger partial charge in [0.2, 0.25) is 0 Å². The average Bonchev–Trinajstić information content (AvgIpc) is 2.88. The number of nitrogens with zero attached hydrogens (tertiary/aromatic N) is 4. The van der Waals surface area contributed by atoms with E-state index in [4.69, 9.17) is 4.74 Å². The van der Waals surface area contributed by atoms with Gasteiger partial charge in [-0.25, -0.2) is 0 Å². The van der Waals surface area contributed by atoms with Gasteiger partial charge in [0, 0.05) is 42.8 Å². The number of methoxy groups -OCH3 is 1. The van der Waals surface area contributed by atoms with Crippen LogP contribution in [0.4, 0.5) is 5.69 Å². The molecule has 0 radical (unpaired) electrons. The number of benzene rings is 3. The second-order valence-electron chi connectivity index (χ2n) is 8.29. The highest BCUT2D eigenvalue weighted by molar-refractivity contribution is 6.10. The number of ether oxygens (including phenoxy) is 1. The van der Waals surface area contributed by atoms with Crippen molar-refractivity contribution in [3.63, 3.8) is 0 Å². The number of hydrogen-bond donors (Lipinski definition) is 0. The highest BCUT2D eigenvalue weighted by Gasteiger charge is 2.27. The Labute approximate surface area is 193 Å². The Morgan fingerprint density at radius 3 is 2.30 bits per heavy atom. The first-order chi connectivity index (χ1) is 16.1. The Morgan fingerprint density at radius 2 is 1.61 bits per heavy atom. The van der Waals surface area contributed by atoms with Crippen molar-refractivity contribution in [2.24, 2.45) is 0 Å². The highest BCUT2D eigenvalue weighted by atomic mass is 16.5. The Bertz CT molecular complexity index is 1280. The fourth-order valence-corrected chi connectivity index (χ4v) is 4.35. The first-order valence-electron chi connectivity index (χ1n) is 11.1. The predicted octanol–water partition coefficient (Wildman–Crippen LogP) is 4.58. The van der Waals surface area contributed by atoms with E-state index in [1.54, 1.807) is 7.11 Å². The van der Waals surface area contributed by atoms with Crippen LogP contribution >= 0.6 is 0 Å². The number of rotatable bonds is 4. The van der Waals surface area contributed by atoms with Crippen molar-refractivity contribution in [1.29, 1.82) is 0 Å². The van der Waals surface area contributed by atoms with Gasteiger partial charge in [0.15, 0.2) is 0 Å². The van der Waals surface area contributed by atoms with Gasteiger partial charge >= 0.3 is 0 Å². The number of aromatic nitrogens is 2. The van der Waals surface area contributed by atoms with E-state index in [0.717, 1.165) is 46.6 Å². The summed E-state index contributed by atoms with van der Waals surface area (Å²) < 4.78 is 5.26. The van der Waals surface area contributed by atoms with Crippen LogP contribution in [0.1, 0.15) is 15.9 Å². The monoisotopic (exact) mass is 438 g/mol. The summed E-state index contributed by atoms with van der Waals surface area (Å²) in [5.41, 5.74) is 5.13. The summed E-state index contributed by atoms with van der Waals surface area (Å²) in [7, 11) is 1.67. The van der Waals surface area contributed by atoms with E-state index in [-0.39, 0.29) is 5.91 Å². The molecule has 2 heterocycles. The Kier molecular flexibility index (Phi) is 5.65. The van der Waals surface area contributed by atoms with Crippen LogP contribution < -0.4 is 9.64 Å². The van der Waals surface area contributed by atoms with Gasteiger partial charge in [-0.05, 0) is 43.3 Å². The summed E-state index contributed by atoms with van der Waals surface area (Å²) in [6, 6.07) is 23.9. The molecule has 4 aromatic rings. The molecule has 33 heavy (non-hydrogen) atoms. The van der Waals surface area contributed by atoms with Crippen LogP contribution in [0.25, 0.3) is 22.2 Å². The van der Waals surface area contributed by atoms with Gasteiger partial charge in [-0.15, -0.1) is 10.2 Å². The molecule has 0 N–H and O–H groups in total. The molecule has 6 nitrogen and oxygen atoms in total. The SMILES string of the molecule is COc1ccc(N2CCN(C(=O)c3c(-c4ccccc4)nnc4ccc(C)cc34)CC2)cc1. The fourth-order valence-electron chi connectivity index (χ4n) is 4.35. The largest absolute Gasteiger partial charge is 0.497 e. The molecular weight excluding hydrogens is 412 g/mol. The van der Waals surface area contributed by atoms with Crippen LogP contribution in [0.15, 0.2) is 72.8 Å². The molecule has 0 atom stereocenters.